The summed E-state index contributed by atoms with van der Waals surface area (Å²) in [4.78, 5) is 84.9. The number of fused-ring (bicyclic) bond motifs is 18. The molecule has 2 fully saturated rings. The number of rotatable bonds is 10. The van der Waals surface area contributed by atoms with E-state index in [2.05, 4.69) is 108 Å². The van der Waals surface area contributed by atoms with Gasteiger partial charge in [0.1, 0.15) is 46.2 Å². The van der Waals surface area contributed by atoms with E-state index in [9.17, 15) is 79.8 Å². The fraction of sp³-hybridized carbons (Fsp3) is 0.453. The van der Waals surface area contributed by atoms with Gasteiger partial charge in [-0.1, -0.05) is 125 Å². The van der Waals surface area contributed by atoms with Gasteiger partial charge in [0.2, 0.25) is 5.78 Å². The number of anilines is 1. The molecular formula is C86H108ClN7O20. The van der Waals surface area contributed by atoms with Gasteiger partial charge in [0.05, 0.1) is 76.6 Å². The van der Waals surface area contributed by atoms with Gasteiger partial charge in [0.25, 0.3) is 17.6 Å². The number of hydrogen-bond acceptors (Lipinski definition) is 25. The zero-order valence-electron chi connectivity index (χ0n) is 67.4. The highest BCUT2D eigenvalue weighted by Gasteiger charge is 2.68. The van der Waals surface area contributed by atoms with Crippen molar-refractivity contribution in [2.24, 2.45) is 51.8 Å². The summed E-state index contributed by atoms with van der Waals surface area (Å²) in [6.07, 6.45) is 7.36. The normalized spacial score (nSPS) is 28.5. The van der Waals surface area contributed by atoms with Crippen LogP contribution in [0.1, 0.15) is 120 Å². The summed E-state index contributed by atoms with van der Waals surface area (Å²) in [5.41, 5.74) is 2.56. The first-order valence-electron chi connectivity index (χ1n) is 37.6. The van der Waals surface area contributed by atoms with Gasteiger partial charge in [0, 0.05) is 117 Å². The van der Waals surface area contributed by atoms with E-state index in [1.165, 1.54) is 101 Å². The Morgan fingerprint density at radius 2 is 1.46 bits per heavy atom. The largest absolute Gasteiger partial charge is 0.508 e. The molecule has 1 saturated carbocycles. The summed E-state index contributed by atoms with van der Waals surface area (Å²) < 4.78 is 23.6. The molecule has 4 heterocycles. The smallest absolute Gasteiger partial charge is 0.312 e. The number of esters is 1. The van der Waals surface area contributed by atoms with Crippen LogP contribution in [0.25, 0.3) is 27.3 Å². The lowest BCUT2D eigenvalue weighted by molar-refractivity contribution is -0.169. The van der Waals surface area contributed by atoms with Crippen molar-refractivity contribution in [1.29, 1.82) is 0 Å². The van der Waals surface area contributed by atoms with Gasteiger partial charge >= 0.3 is 11.8 Å². The van der Waals surface area contributed by atoms with Gasteiger partial charge in [-0.3, -0.25) is 43.6 Å². The minimum atomic E-state index is -2.89. The Balaban J connectivity index is 0.000000245. The highest BCUT2D eigenvalue weighted by molar-refractivity contribution is 6.26. The lowest BCUT2D eigenvalue weighted by Crippen LogP contribution is -2.70. The summed E-state index contributed by atoms with van der Waals surface area (Å²) in [5, 5.41) is 124. The van der Waals surface area contributed by atoms with Crippen LogP contribution in [0, 0.1) is 59.7 Å². The molecule has 614 valence electrons. The van der Waals surface area contributed by atoms with Gasteiger partial charge < -0.3 is 86.0 Å². The van der Waals surface area contributed by atoms with Crippen LogP contribution in [0.4, 0.5) is 5.69 Å². The second kappa shape index (κ2) is 36.1. The molecule has 0 aromatic heterocycles. The van der Waals surface area contributed by atoms with Crippen molar-refractivity contribution in [1.82, 2.24) is 19.7 Å². The van der Waals surface area contributed by atoms with Crippen molar-refractivity contribution < 1.29 is 98.8 Å². The number of halogens is 1. The number of aromatic hydroxyl groups is 4. The van der Waals surface area contributed by atoms with Crippen molar-refractivity contribution in [2.45, 2.75) is 143 Å². The van der Waals surface area contributed by atoms with Gasteiger partial charge in [-0.05, 0) is 109 Å². The van der Waals surface area contributed by atoms with Crippen LogP contribution in [0.5, 0.6) is 28.7 Å². The molecule has 5 aromatic rings. The van der Waals surface area contributed by atoms with E-state index in [0.29, 0.717) is 18.7 Å². The monoisotopic (exact) mass is 1590 g/mol. The zero-order chi connectivity index (χ0) is 83.5. The van der Waals surface area contributed by atoms with Crippen molar-refractivity contribution in [3.05, 3.63) is 159 Å². The number of aliphatic hydroxyl groups excluding tert-OH is 5. The maximum Gasteiger partial charge on any atom is 0.312 e. The Labute approximate surface area is 670 Å². The molecule has 0 radical (unpaired) electrons. The number of ether oxygens (including phenoxy) is 4. The molecule has 4 aliphatic heterocycles. The molecule has 3 aliphatic carbocycles. The maximum atomic E-state index is 14.4. The van der Waals surface area contributed by atoms with Crippen LogP contribution in [0.2, 0.25) is 0 Å². The third kappa shape index (κ3) is 17.9. The molecule has 5 aromatic carbocycles. The fourth-order valence-corrected chi connectivity index (χ4v) is 15.8. The average molecular weight is 1600 g/mol. The number of phenolic OH excluding ortho intramolecular Hbond substituents is 4. The molecule has 2 amide bonds. The molecule has 15 atom stereocenters. The molecule has 28 heteroatoms. The quantitative estimate of drug-likeness (QED) is 0.0155. The number of primary amides is 1. The number of hydrogen-bond donors (Lipinski definition) is 12. The minimum Gasteiger partial charge on any atom is -0.508 e. The van der Waals surface area contributed by atoms with E-state index < -0.39 is 164 Å². The molecule has 7 aliphatic rings. The highest BCUT2D eigenvalue weighted by atomic mass is 35.5. The van der Waals surface area contributed by atoms with Crippen LogP contribution in [0.3, 0.4) is 0 Å². The number of benzene rings is 5. The first kappa shape index (κ1) is 89.4. The fourth-order valence-electron chi connectivity index (χ4n) is 15.8. The summed E-state index contributed by atoms with van der Waals surface area (Å²) in [6, 6.07) is 18.2. The molecule has 0 spiro atoms. The van der Waals surface area contributed by atoms with Gasteiger partial charge in [-0.15, -0.1) is 12.4 Å². The van der Waals surface area contributed by atoms with Crippen LogP contribution in [-0.4, -0.2) is 228 Å². The number of methoxy groups -OCH3 is 1. The first-order valence-corrected chi connectivity index (χ1v) is 37.6. The second-order valence-corrected chi connectivity index (χ2v) is 31.7. The van der Waals surface area contributed by atoms with Gasteiger partial charge in [-0.2, -0.15) is 5.10 Å². The number of hydrazone groups is 1. The van der Waals surface area contributed by atoms with Gasteiger partial charge in [-0.25, -0.2) is 0 Å². The lowest BCUT2D eigenvalue weighted by Gasteiger charge is -2.53. The number of likely N-dealkylation sites (N-methyl/N-ethyl adjacent to an activating group) is 3. The SMILES string of the molecule is CN(C/C=C/C#CC(C)(C)C)Cc1cccc2ccccc12.CO[C@H]1/C=C/O[C@@]2(C)Oc3c(C)c(O)c4c(O)c(c(/C=N\N5CCN(C)CC5)c(O)c4c3C2=O)NC(=O)/C(C)=C\C=C\[C@H](C)[C@H](O)[C@@H](C)[C@@H](O)[C@@H](C)[C@H](OC(C)=O)[C@@H]1C.C[C@H]1c2cccc(O)c2C(O)=C2C(=O)[C@]3(O)C(O)=C(C(N)=O)C(=O)[C@@H](N(C)C)[C@@H]3[C@@H](O)[C@@H]21.Cl. The number of piperazine rings is 1. The molecule has 1 saturated heterocycles. The van der Waals surface area contributed by atoms with Crippen molar-refractivity contribution in [2.75, 3.05) is 73.3 Å². The Kier molecular flexibility index (Phi) is 28.4. The number of carbonyl (C=O) groups is 6. The van der Waals surface area contributed by atoms with Gasteiger partial charge in [0.15, 0.2) is 17.1 Å². The number of ketones is 3. The molecule has 13 N–H and O–H groups in total. The molecule has 27 nitrogen and oxygen atoms in total. The van der Waals surface area contributed by atoms with E-state index >= 15 is 0 Å². The molecule has 5 bridgehead atoms. The number of nitrogens with two attached hydrogens (primary N) is 1. The van der Waals surface area contributed by atoms with E-state index in [1.54, 1.807) is 63.9 Å². The van der Waals surface area contributed by atoms with Crippen LogP contribution in [-0.2, 0) is 44.7 Å². The Morgan fingerprint density at radius 3 is 2.10 bits per heavy atom. The minimum absolute atomic E-state index is 0. The number of carbonyl (C=O) groups excluding carboxylic acids is 6. The summed E-state index contributed by atoms with van der Waals surface area (Å²) in [6.45, 7) is 25.0. The molecular weight excluding hydrogens is 1490 g/mol. The second-order valence-electron chi connectivity index (χ2n) is 31.7. The number of Topliss-reactive ketones (excluding diaryl/α,β-unsaturated/α-hetero) is 3. The molecule has 0 unspecified atom stereocenters. The maximum absolute atomic E-state index is 14.4. The van der Waals surface area contributed by atoms with Crippen LogP contribution < -0.4 is 15.8 Å². The summed E-state index contributed by atoms with van der Waals surface area (Å²) in [5.74, 6) is -10.9. The van der Waals surface area contributed by atoms with E-state index in [1.807, 2.05) is 13.1 Å². The van der Waals surface area contributed by atoms with E-state index in [-0.39, 0.29) is 73.6 Å². The number of amides is 2. The third-order valence-electron chi connectivity index (χ3n) is 22.2. The van der Waals surface area contributed by atoms with E-state index in [0.717, 1.165) is 26.2 Å². The third-order valence-corrected chi connectivity index (χ3v) is 22.2. The van der Waals surface area contributed by atoms with Crippen LogP contribution in [0.15, 0.2) is 131 Å². The zero-order valence-corrected chi connectivity index (χ0v) is 68.2. The standard InChI is InChI=1S/C43H58N4O12.C22H24N2O8.C21H25N.ClH/c1-21-12-11-13-22(2)42(55)45-33-28(20-44-47-17-15-46(9)16-18-47)37(52)30-31(38(33)53)36(51)26(6)40-32(30)41(54)43(8,59-40)57-19-14-29(56-10)23(3)39(58-27(7)48)25(5)35(50)24(4)34(21)49;1-7-8-5-4-6-9(25)11(8)16(26)12-10(7)17(27)14-15(24(2)3)18(28)13(21(23)31)20(30)22(14,32)19(12)29;1-21(2,3)15-8-5-9-16-22(4)17-19-13-10-12-18-11-6-7-14-20(18)19;/h11-14,19-21,23-25,29,34-35,39,49-53H,15-18H2,1-10H3,(H,45,55);4-7,10,14-15,17,25-27,30,32H,1-3H3,(H2,23,31);5-7,9-14H,16-17H2,1-4H3;1H/b12-11+,19-14+,22-13-,44-20-;;9-5+;/t21-,23+,24+,25+,29-,34-,35+,39+,43-;7-,10+,14+,15-,17-,22-;;/m00../s1. The summed E-state index contributed by atoms with van der Waals surface area (Å²) in [7, 11) is 8.48. The predicted molar refractivity (Wildman–Crippen MR) is 435 cm³/mol. The number of allylic oxidation sites excluding steroid dienone is 3. The number of nitrogens with one attached hydrogen (secondary N) is 1. The molecule has 12 rings (SSSR count). The average Bonchev–Trinajstić information content (AvgIpc) is 0.779. The Morgan fingerprint density at radius 1 is 0.816 bits per heavy atom. The number of nitrogens with zero attached hydrogens (tertiary/aromatic N) is 5. The highest BCUT2D eigenvalue weighted by Crippen LogP contribution is 2.58. The van der Waals surface area contributed by atoms with Crippen LogP contribution >= 0.6 is 12.4 Å². The van der Waals surface area contributed by atoms with Crippen molar-refractivity contribution in [3.8, 4) is 40.6 Å². The first-order chi connectivity index (χ1) is 53.1. The lowest BCUT2D eigenvalue weighted by atomic mass is 9.54. The number of aliphatic hydroxyl groups is 6. The topological polar surface area (TPSA) is 405 Å². The number of phenols is 4. The Bertz CT molecular complexity index is 4820. The predicted octanol–water partition coefficient (Wildman–Crippen LogP) is 9.13. The van der Waals surface area contributed by atoms with Crippen molar-refractivity contribution in [3.63, 3.8) is 0 Å². The molecule has 114 heavy (non-hydrogen) atoms. The van der Waals surface area contributed by atoms with E-state index in [4.69, 9.17) is 24.7 Å². The van der Waals surface area contributed by atoms with Crippen molar-refractivity contribution >= 4 is 86.7 Å². The summed E-state index contributed by atoms with van der Waals surface area (Å²) >= 11 is 0. The Hall–Kier alpha value is -10.1.